The molecule has 1 amide bonds. The Balaban J connectivity index is 2.26. The summed E-state index contributed by atoms with van der Waals surface area (Å²) in [5.74, 6) is -1.53. The van der Waals surface area contributed by atoms with E-state index in [2.05, 4.69) is 10.1 Å². The second kappa shape index (κ2) is 4.53. The molecule has 1 aromatic rings. The van der Waals surface area contributed by atoms with Crippen molar-refractivity contribution >= 4 is 11.9 Å². The number of amides is 1. The van der Waals surface area contributed by atoms with E-state index in [0.29, 0.717) is 5.56 Å². The van der Waals surface area contributed by atoms with Crippen molar-refractivity contribution in [1.29, 1.82) is 0 Å². The molecule has 17 heavy (non-hydrogen) atoms. The van der Waals surface area contributed by atoms with E-state index in [9.17, 15) is 14.0 Å². The Labute approximate surface area is 97.8 Å². The van der Waals surface area contributed by atoms with Crippen molar-refractivity contribution < 1.29 is 18.7 Å². The first-order valence-electron chi connectivity index (χ1n) is 5.24. The number of nitrogens with one attached hydrogen (secondary N) is 1. The van der Waals surface area contributed by atoms with Crippen molar-refractivity contribution in [1.82, 2.24) is 5.32 Å². The summed E-state index contributed by atoms with van der Waals surface area (Å²) in [5.41, 5.74) is 0.702. The molecule has 0 saturated carbocycles. The predicted octanol–water partition coefficient (Wildman–Crippen LogP) is 1.18. The van der Waals surface area contributed by atoms with Gasteiger partial charge in [0.15, 0.2) is 0 Å². The average Bonchev–Trinajstić information content (AvgIpc) is 2.71. The van der Waals surface area contributed by atoms with Gasteiger partial charge in [0.1, 0.15) is 5.82 Å². The highest BCUT2D eigenvalue weighted by molar-refractivity contribution is 5.87. The molecule has 5 heteroatoms. The SMILES string of the molecule is COC(=O)C1CC(=O)NC1c1ccc(F)cc1. The predicted molar refractivity (Wildman–Crippen MR) is 57.4 cm³/mol. The highest BCUT2D eigenvalue weighted by Crippen LogP contribution is 2.31. The lowest BCUT2D eigenvalue weighted by molar-refractivity contribution is -0.146. The fourth-order valence-corrected chi connectivity index (χ4v) is 2.01. The smallest absolute Gasteiger partial charge is 0.311 e. The van der Waals surface area contributed by atoms with Crippen molar-refractivity contribution in [2.45, 2.75) is 12.5 Å². The number of hydrogen-bond donors (Lipinski definition) is 1. The van der Waals surface area contributed by atoms with Crippen LogP contribution >= 0.6 is 0 Å². The van der Waals surface area contributed by atoms with E-state index in [0.717, 1.165) is 0 Å². The van der Waals surface area contributed by atoms with Crippen molar-refractivity contribution in [3.63, 3.8) is 0 Å². The molecule has 0 radical (unpaired) electrons. The Hall–Kier alpha value is -1.91. The van der Waals surface area contributed by atoms with Crippen molar-refractivity contribution in [2.24, 2.45) is 5.92 Å². The molecular formula is C12H12FNO3. The van der Waals surface area contributed by atoms with Gasteiger partial charge in [0.05, 0.1) is 19.1 Å². The fourth-order valence-electron chi connectivity index (χ4n) is 2.01. The molecule has 0 spiro atoms. The molecule has 0 aromatic heterocycles. The van der Waals surface area contributed by atoms with Gasteiger partial charge in [0.25, 0.3) is 0 Å². The highest BCUT2D eigenvalue weighted by atomic mass is 19.1. The number of methoxy groups -OCH3 is 1. The van der Waals surface area contributed by atoms with Gasteiger partial charge in [-0.25, -0.2) is 4.39 Å². The van der Waals surface area contributed by atoms with E-state index >= 15 is 0 Å². The third kappa shape index (κ3) is 2.27. The summed E-state index contributed by atoms with van der Waals surface area (Å²) < 4.78 is 17.4. The quantitative estimate of drug-likeness (QED) is 0.786. The molecule has 1 saturated heterocycles. The third-order valence-corrected chi connectivity index (χ3v) is 2.86. The number of benzene rings is 1. The molecule has 4 nitrogen and oxygen atoms in total. The zero-order valence-corrected chi connectivity index (χ0v) is 9.27. The molecular weight excluding hydrogens is 225 g/mol. The van der Waals surface area contributed by atoms with Gasteiger partial charge in [-0.2, -0.15) is 0 Å². The van der Waals surface area contributed by atoms with Crippen LogP contribution in [0.5, 0.6) is 0 Å². The molecule has 90 valence electrons. The maximum atomic E-state index is 12.8. The highest BCUT2D eigenvalue weighted by Gasteiger charge is 2.39. The van der Waals surface area contributed by atoms with Gasteiger partial charge in [-0.15, -0.1) is 0 Å². The zero-order chi connectivity index (χ0) is 12.4. The van der Waals surface area contributed by atoms with Gasteiger partial charge in [0, 0.05) is 6.42 Å². The Morgan fingerprint density at radius 2 is 2.06 bits per heavy atom. The van der Waals surface area contributed by atoms with E-state index in [4.69, 9.17) is 0 Å². The molecule has 0 bridgehead atoms. The number of halogens is 1. The summed E-state index contributed by atoms with van der Waals surface area (Å²) in [7, 11) is 1.28. The van der Waals surface area contributed by atoms with Gasteiger partial charge in [-0.1, -0.05) is 12.1 Å². The van der Waals surface area contributed by atoms with Crippen LogP contribution in [-0.4, -0.2) is 19.0 Å². The maximum absolute atomic E-state index is 12.8. The molecule has 1 heterocycles. The van der Waals surface area contributed by atoms with Crippen LogP contribution in [0.1, 0.15) is 18.0 Å². The minimum absolute atomic E-state index is 0.106. The molecule has 0 aliphatic carbocycles. The first-order chi connectivity index (χ1) is 8.11. The number of carbonyl (C=O) groups is 2. The van der Waals surface area contributed by atoms with E-state index in [-0.39, 0.29) is 18.1 Å². The van der Waals surface area contributed by atoms with Crippen LogP contribution < -0.4 is 5.32 Å². The van der Waals surface area contributed by atoms with E-state index in [1.54, 1.807) is 12.1 Å². The average molecular weight is 237 g/mol. The molecule has 1 N–H and O–H groups in total. The first kappa shape index (κ1) is 11.6. The lowest BCUT2D eigenvalue weighted by Crippen LogP contribution is -2.25. The van der Waals surface area contributed by atoms with Gasteiger partial charge in [-0.3, -0.25) is 9.59 Å². The molecule has 2 unspecified atom stereocenters. The zero-order valence-electron chi connectivity index (χ0n) is 9.27. The number of ether oxygens (including phenoxy) is 1. The monoisotopic (exact) mass is 237 g/mol. The van der Waals surface area contributed by atoms with E-state index < -0.39 is 17.9 Å². The van der Waals surface area contributed by atoms with Gasteiger partial charge in [0.2, 0.25) is 5.91 Å². The molecule has 1 aromatic carbocycles. The van der Waals surface area contributed by atoms with Crippen molar-refractivity contribution in [3.05, 3.63) is 35.6 Å². The number of esters is 1. The summed E-state index contributed by atoms with van der Waals surface area (Å²) in [4.78, 5) is 22.9. The molecule has 1 aliphatic rings. The summed E-state index contributed by atoms with van der Waals surface area (Å²) >= 11 is 0. The standard InChI is InChI=1S/C12H12FNO3/c1-17-12(16)9-6-10(15)14-11(9)7-2-4-8(13)5-3-7/h2-5,9,11H,6H2,1H3,(H,14,15). The molecule has 2 rings (SSSR count). The van der Waals surface area contributed by atoms with Crippen LogP contribution in [0.3, 0.4) is 0 Å². The minimum Gasteiger partial charge on any atom is -0.469 e. The number of hydrogen-bond acceptors (Lipinski definition) is 3. The lowest BCUT2D eigenvalue weighted by Gasteiger charge is -2.17. The number of rotatable bonds is 2. The normalized spacial score (nSPS) is 23.3. The molecule has 2 atom stereocenters. The Kier molecular flexibility index (Phi) is 3.08. The van der Waals surface area contributed by atoms with E-state index in [1.807, 2.05) is 0 Å². The van der Waals surface area contributed by atoms with Crippen LogP contribution in [0.2, 0.25) is 0 Å². The van der Waals surface area contributed by atoms with Crippen LogP contribution in [0.25, 0.3) is 0 Å². The van der Waals surface area contributed by atoms with Crippen molar-refractivity contribution in [2.75, 3.05) is 7.11 Å². The van der Waals surface area contributed by atoms with Gasteiger partial charge >= 0.3 is 5.97 Å². The van der Waals surface area contributed by atoms with Crippen LogP contribution in [-0.2, 0) is 14.3 Å². The maximum Gasteiger partial charge on any atom is 0.311 e. The Morgan fingerprint density at radius 1 is 1.41 bits per heavy atom. The number of carbonyl (C=O) groups excluding carboxylic acids is 2. The van der Waals surface area contributed by atoms with E-state index in [1.165, 1.54) is 19.2 Å². The molecule has 1 fully saturated rings. The van der Waals surface area contributed by atoms with Gasteiger partial charge < -0.3 is 10.1 Å². The fraction of sp³-hybridized carbons (Fsp3) is 0.333. The third-order valence-electron chi connectivity index (χ3n) is 2.86. The van der Waals surface area contributed by atoms with Crippen LogP contribution in [0.4, 0.5) is 4.39 Å². The largest absolute Gasteiger partial charge is 0.469 e. The summed E-state index contributed by atoms with van der Waals surface area (Å²) in [6.45, 7) is 0. The topological polar surface area (TPSA) is 55.4 Å². The van der Waals surface area contributed by atoms with Gasteiger partial charge in [-0.05, 0) is 17.7 Å². The molecule has 1 aliphatic heterocycles. The second-order valence-corrected chi connectivity index (χ2v) is 3.93. The van der Waals surface area contributed by atoms with Crippen LogP contribution in [0, 0.1) is 11.7 Å². The van der Waals surface area contributed by atoms with Crippen LogP contribution in [0.15, 0.2) is 24.3 Å². The summed E-state index contributed by atoms with van der Waals surface area (Å²) in [6, 6.07) is 5.28. The first-order valence-corrected chi connectivity index (χ1v) is 5.24. The minimum atomic E-state index is -0.544. The summed E-state index contributed by atoms with van der Waals surface area (Å²) in [6.07, 6.45) is 0.106. The second-order valence-electron chi connectivity index (χ2n) is 3.93. The Morgan fingerprint density at radius 3 is 2.65 bits per heavy atom. The lowest BCUT2D eigenvalue weighted by atomic mass is 9.94. The Bertz CT molecular complexity index is 444. The summed E-state index contributed by atoms with van der Waals surface area (Å²) in [5, 5.41) is 2.69. The van der Waals surface area contributed by atoms with Crippen molar-refractivity contribution in [3.8, 4) is 0 Å².